The number of aliphatic hydroxyl groups is 1. The van der Waals surface area contributed by atoms with Crippen LogP contribution in [0.4, 0.5) is 0 Å². The average molecular weight is 228 g/mol. The summed E-state index contributed by atoms with van der Waals surface area (Å²) >= 11 is 0. The van der Waals surface area contributed by atoms with E-state index in [9.17, 15) is 5.11 Å². The van der Waals surface area contributed by atoms with Crippen molar-refractivity contribution >= 4 is 0 Å². The highest BCUT2D eigenvalue weighted by Gasteiger charge is 2.27. The molecule has 1 fully saturated rings. The first kappa shape index (κ1) is 10.5. The van der Waals surface area contributed by atoms with Gasteiger partial charge in [-0.3, -0.25) is 4.68 Å². The lowest BCUT2D eigenvalue weighted by atomic mass is 10.1. The predicted octanol–water partition coefficient (Wildman–Crippen LogP) is 2.64. The number of aromatic nitrogens is 2. The molecule has 17 heavy (non-hydrogen) atoms. The number of nitrogens with zero attached hydrogens (tertiary/aromatic N) is 2. The van der Waals surface area contributed by atoms with Crippen LogP contribution in [0.15, 0.2) is 42.7 Å². The van der Waals surface area contributed by atoms with E-state index in [-0.39, 0.29) is 12.1 Å². The first-order valence-corrected chi connectivity index (χ1v) is 6.12. The molecule has 2 atom stereocenters. The molecule has 1 saturated carbocycles. The molecule has 1 aromatic heterocycles. The Labute approximate surface area is 101 Å². The molecule has 2 aromatic rings. The lowest BCUT2D eigenvalue weighted by Crippen LogP contribution is -2.18. The zero-order valence-corrected chi connectivity index (χ0v) is 9.66. The third kappa shape index (κ3) is 1.98. The van der Waals surface area contributed by atoms with Gasteiger partial charge in [0.2, 0.25) is 0 Å². The molecule has 0 aliphatic heterocycles. The Balaban J connectivity index is 1.88. The molecule has 0 radical (unpaired) electrons. The first-order chi connectivity index (χ1) is 8.34. The molecule has 0 unspecified atom stereocenters. The second kappa shape index (κ2) is 4.34. The molecule has 1 aliphatic rings. The number of hydrogen-bond acceptors (Lipinski definition) is 2. The standard InChI is InChI=1S/C14H16N2O/c17-14-8-4-7-13(14)16-10-12(9-15-16)11-5-2-1-3-6-11/h1-3,5-6,9-10,13-14,17H,4,7-8H2/t13-,14-/m1/s1. The van der Waals surface area contributed by atoms with Crippen molar-refractivity contribution in [3.63, 3.8) is 0 Å². The van der Waals surface area contributed by atoms with Crippen molar-refractivity contribution in [1.29, 1.82) is 0 Å². The number of benzene rings is 1. The smallest absolute Gasteiger partial charge is 0.0778 e. The highest BCUT2D eigenvalue weighted by Crippen LogP contribution is 2.30. The summed E-state index contributed by atoms with van der Waals surface area (Å²) in [6, 6.07) is 10.4. The van der Waals surface area contributed by atoms with Crippen molar-refractivity contribution in [2.75, 3.05) is 0 Å². The molecule has 1 heterocycles. The maximum absolute atomic E-state index is 9.86. The largest absolute Gasteiger partial charge is 0.391 e. The third-order valence-corrected chi connectivity index (χ3v) is 3.49. The first-order valence-electron chi connectivity index (χ1n) is 6.12. The maximum Gasteiger partial charge on any atom is 0.0778 e. The Morgan fingerprint density at radius 3 is 2.65 bits per heavy atom. The Morgan fingerprint density at radius 2 is 1.94 bits per heavy atom. The molecular formula is C14H16N2O. The normalized spacial score (nSPS) is 24.1. The SMILES string of the molecule is O[C@@H]1CCC[C@H]1n1cc(-c2ccccc2)cn1. The summed E-state index contributed by atoms with van der Waals surface area (Å²) in [4.78, 5) is 0. The maximum atomic E-state index is 9.86. The lowest BCUT2D eigenvalue weighted by molar-refractivity contribution is 0.130. The van der Waals surface area contributed by atoms with Crippen molar-refractivity contribution in [2.45, 2.75) is 31.4 Å². The highest BCUT2D eigenvalue weighted by atomic mass is 16.3. The molecule has 3 nitrogen and oxygen atoms in total. The summed E-state index contributed by atoms with van der Waals surface area (Å²) < 4.78 is 1.92. The zero-order valence-electron chi connectivity index (χ0n) is 9.66. The van der Waals surface area contributed by atoms with Gasteiger partial charge in [0, 0.05) is 11.8 Å². The van der Waals surface area contributed by atoms with Gasteiger partial charge in [-0.2, -0.15) is 5.10 Å². The van der Waals surface area contributed by atoms with Crippen LogP contribution in [0.1, 0.15) is 25.3 Å². The van der Waals surface area contributed by atoms with Crippen molar-refractivity contribution in [3.8, 4) is 11.1 Å². The molecule has 1 aliphatic carbocycles. The minimum absolute atomic E-state index is 0.160. The van der Waals surface area contributed by atoms with E-state index in [1.165, 1.54) is 5.56 Å². The van der Waals surface area contributed by atoms with Gasteiger partial charge in [-0.25, -0.2) is 0 Å². The van der Waals surface area contributed by atoms with Crippen LogP contribution in [0.3, 0.4) is 0 Å². The van der Waals surface area contributed by atoms with E-state index in [0.717, 1.165) is 24.8 Å². The molecule has 0 saturated heterocycles. The summed E-state index contributed by atoms with van der Waals surface area (Å²) in [5.74, 6) is 0. The molecule has 3 heteroatoms. The van der Waals surface area contributed by atoms with E-state index < -0.39 is 0 Å². The zero-order chi connectivity index (χ0) is 11.7. The van der Waals surface area contributed by atoms with Gasteiger partial charge >= 0.3 is 0 Å². The average Bonchev–Trinajstić information content (AvgIpc) is 2.98. The topological polar surface area (TPSA) is 38.0 Å². The molecule has 0 spiro atoms. The van der Waals surface area contributed by atoms with E-state index in [1.54, 1.807) is 0 Å². The summed E-state index contributed by atoms with van der Waals surface area (Å²) in [5, 5.41) is 14.2. The van der Waals surface area contributed by atoms with Crippen molar-refractivity contribution in [3.05, 3.63) is 42.7 Å². The van der Waals surface area contributed by atoms with Gasteiger partial charge in [-0.15, -0.1) is 0 Å². The van der Waals surface area contributed by atoms with Gasteiger partial charge in [0.15, 0.2) is 0 Å². The Hall–Kier alpha value is -1.61. The van der Waals surface area contributed by atoms with Gasteiger partial charge in [-0.1, -0.05) is 30.3 Å². The fraction of sp³-hybridized carbons (Fsp3) is 0.357. The Bertz CT molecular complexity index is 492. The van der Waals surface area contributed by atoms with Crippen LogP contribution in [0.2, 0.25) is 0 Å². The molecular weight excluding hydrogens is 212 g/mol. The summed E-state index contributed by atoms with van der Waals surface area (Å²) in [7, 11) is 0. The van der Waals surface area contributed by atoms with Crippen molar-refractivity contribution in [2.24, 2.45) is 0 Å². The van der Waals surface area contributed by atoms with E-state index in [1.807, 2.05) is 35.3 Å². The van der Waals surface area contributed by atoms with E-state index in [0.29, 0.717) is 0 Å². The molecule has 3 rings (SSSR count). The minimum Gasteiger partial charge on any atom is -0.391 e. The van der Waals surface area contributed by atoms with Gasteiger partial charge in [-0.05, 0) is 24.8 Å². The van der Waals surface area contributed by atoms with Gasteiger partial charge < -0.3 is 5.11 Å². The molecule has 0 amide bonds. The fourth-order valence-corrected chi connectivity index (χ4v) is 2.53. The third-order valence-electron chi connectivity index (χ3n) is 3.49. The highest BCUT2D eigenvalue weighted by molar-refractivity contribution is 5.61. The molecule has 0 bridgehead atoms. The van der Waals surface area contributed by atoms with Crippen molar-refractivity contribution in [1.82, 2.24) is 9.78 Å². The van der Waals surface area contributed by atoms with Gasteiger partial charge in [0.05, 0.1) is 18.3 Å². The van der Waals surface area contributed by atoms with Crippen LogP contribution >= 0.6 is 0 Å². The number of hydrogen-bond donors (Lipinski definition) is 1. The predicted molar refractivity (Wildman–Crippen MR) is 66.6 cm³/mol. The summed E-state index contributed by atoms with van der Waals surface area (Å²) in [6.45, 7) is 0. The summed E-state index contributed by atoms with van der Waals surface area (Å²) in [6.07, 6.45) is 6.68. The monoisotopic (exact) mass is 228 g/mol. The van der Waals surface area contributed by atoms with E-state index in [2.05, 4.69) is 17.2 Å². The van der Waals surface area contributed by atoms with Crippen LogP contribution in [0.25, 0.3) is 11.1 Å². The van der Waals surface area contributed by atoms with Crippen LogP contribution in [-0.4, -0.2) is 21.0 Å². The second-order valence-corrected chi connectivity index (χ2v) is 4.64. The Morgan fingerprint density at radius 1 is 1.12 bits per heavy atom. The quantitative estimate of drug-likeness (QED) is 0.858. The van der Waals surface area contributed by atoms with E-state index >= 15 is 0 Å². The number of rotatable bonds is 2. The van der Waals surface area contributed by atoms with Gasteiger partial charge in [0.25, 0.3) is 0 Å². The minimum atomic E-state index is -0.237. The number of aliphatic hydroxyl groups excluding tert-OH is 1. The molecule has 1 aromatic carbocycles. The van der Waals surface area contributed by atoms with E-state index in [4.69, 9.17) is 0 Å². The Kier molecular flexibility index (Phi) is 2.69. The fourth-order valence-electron chi connectivity index (χ4n) is 2.53. The molecule has 88 valence electrons. The van der Waals surface area contributed by atoms with Crippen LogP contribution in [0, 0.1) is 0 Å². The van der Waals surface area contributed by atoms with Crippen LogP contribution < -0.4 is 0 Å². The van der Waals surface area contributed by atoms with Crippen molar-refractivity contribution < 1.29 is 5.11 Å². The van der Waals surface area contributed by atoms with Crippen LogP contribution in [-0.2, 0) is 0 Å². The van der Waals surface area contributed by atoms with Crippen LogP contribution in [0.5, 0.6) is 0 Å². The van der Waals surface area contributed by atoms with Gasteiger partial charge in [0.1, 0.15) is 0 Å². The lowest BCUT2D eigenvalue weighted by Gasteiger charge is -2.14. The molecule has 1 N–H and O–H groups in total. The summed E-state index contributed by atoms with van der Waals surface area (Å²) in [5.41, 5.74) is 2.29. The second-order valence-electron chi connectivity index (χ2n) is 4.64.